The summed E-state index contributed by atoms with van der Waals surface area (Å²) in [6.45, 7) is 8.95. The zero-order valence-electron chi connectivity index (χ0n) is 13.7. The molecule has 23 heavy (non-hydrogen) atoms. The highest BCUT2D eigenvalue weighted by molar-refractivity contribution is 5.91. The SMILES string of the molecule is CCn1ccnc1CN1CCCN(C(=O)c2cc(C)no2)CC1. The molecule has 0 aromatic carbocycles. The van der Waals surface area contributed by atoms with E-state index in [4.69, 9.17) is 4.52 Å². The fourth-order valence-corrected chi connectivity index (χ4v) is 2.93. The number of nitrogens with zero attached hydrogens (tertiary/aromatic N) is 5. The summed E-state index contributed by atoms with van der Waals surface area (Å²) in [5.74, 6) is 1.35. The quantitative estimate of drug-likeness (QED) is 0.856. The van der Waals surface area contributed by atoms with Crippen LogP contribution in [0.25, 0.3) is 0 Å². The minimum atomic E-state index is -0.0671. The molecule has 0 radical (unpaired) electrons. The molecule has 0 N–H and O–H groups in total. The van der Waals surface area contributed by atoms with E-state index in [1.54, 1.807) is 6.07 Å². The third-order valence-corrected chi connectivity index (χ3v) is 4.22. The molecule has 1 aliphatic heterocycles. The van der Waals surface area contributed by atoms with Crippen molar-refractivity contribution in [2.24, 2.45) is 0 Å². The maximum Gasteiger partial charge on any atom is 0.292 e. The summed E-state index contributed by atoms with van der Waals surface area (Å²) in [5.41, 5.74) is 0.733. The highest BCUT2D eigenvalue weighted by Crippen LogP contribution is 2.12. The van der Waals surface area contributed by atoms with Gasteiger partial charge in [0.1, 0.15) is 5.82 Å². The van der Waals surface area contributed by atoms with Crippen molar-refractivity contribution in [3.05, 3.63) is 35.7 Å². The summed E-state index contributed by atoms with van der Waals surface area (Å²) in [7, 11) is 0. The lowest BCUT2D eigenvalue weighted by atomic mass is 10.3. The van der Waals surface area contributed by atoms with Crippen molar-refractivity contribution in [2.45, 2.75) is 33.4 Å². The number of hydrogen-bond donors (Lipinski definition) is 0. The first-order valence-electron chi connectivity index (χ1n) is 8.12. The van der Waals surface area contributed by atoms with Crippen molar-refractivity contribution in [2.75, 3.05) is 26.2 Å². The molecule has 0 bridgehead atoms. The van der Waals surface area contributed by atoms with Crippen LogP contribution in [0.4, 0.5) is 0 Å². The molecule has 2 aromatic heterocycles. The molecule has 1 aliphatic rings. The largest absolute Gasteiger partial charge is 0.351 e. The van der Waals surface area contributed by atoms with Crippen LogP contribution < -0.4 is 0 Å². The molecule has 3 rings (SSSR count). The van der Waals surface area contributed by atoms with Gasteiger partial charge in [0, 0.05) is 51.2 Å². The van der Waals surface area contributed by atoms with Gasteiger partial charge in [-0.15, -0.1) is 0 Å². The average Bonchev–Trinajstić information content (AvgIpc) is 3.11. The average molecular weight is 317 g/mol. The summed E-state index contributed by atoms with van der Waals surface area (Å²) in [6, 6.07) is 1.70. The van der Waals surface area contributed by atoms with Gasteiger partial charge in [-0.25, -0.2) is 4.98 Å². The molecule has 124 valence electrons. The van der Waals surface area contributed by atoms with Gasteiger partial charge in [-0.3, -0.25) is 9.69 Å². The minimum Gasteiger partial charge on any atom is -0.351 e. The van der Waals surface area contributed by atoms with Crippen LogP contribution in [0.2, 0.25) is 0 Å². The van der Waals surface area contributed by atoms with Gasteiger partial charge >= 0.3 is 0 Å². The second-order valence-electron chi connectivity index (χ2n) is 5.88. The molecule has 1 amide bonds. The van der Waals surface area contributed by atoms with Crippen LogP contribution in [-0.4, -0.2) is 56.6 Å². The number of carbonyl (C=O) groups is 1. The van der Waals surface area contributed by atoms with Gasteiger partial charge in [0.05, 0.1) is 12.2 Å². The maximum absolute atomic E-state index is 12.4. The minimum absolute atomic E-state index is 0.0671. The van der Waals surface area contributed by atoms with Crippen molar-refractivity contribution in [3.63, 3.8) is 0 Å². The monoisotopic (exact) mass is 317 g/mol. The Hall–Kier alpha value is -2.15. The number of aryl methyl sites for hydroxylation is 2. The van der Waals surface area contributed by atoms with Crippen LogP contribution in [-0.2, 0) is 13.1 Å². The van der Waals surface area contributed by atoms with Crippen LogP contribution >= 0.6 is 0 Å². The van der Waals surface area contributed by atoms with Crippen molar-refractivity contribution in [1.82, 2.24) is 24.5 Å². The van der Waals surface area contributed by atoms with E-state index in [1.807, 2.05) is 24.2 Å². The van der Waals surface area contributed by atoms with E-state index in [0.29, 0.717) is 12.3 Å². The molecule has 0 unspecified atom stereocenters. The van der Waals surface area contributed by atoms with Gasteiger partial charge in [-0.05, 0) is 20.3 Å². The predicted octanol–water partition coefficient (Wildman–Crippen LogP) is 1.55. The highest BCUT2D eigenvalue weighted by Gasteiger charge is 2.23. The fourth-order valence-electron chi connectivity index (χ4n) is 2.93. The lowest BCUT2D eigenvalue weighted by Crippen LogP contribution is -2.35. The fraction of sp³-hybridized carbons (Fsp3) is 0.562. The van der Waals surface area contributed by atoms with E-state index in [0.717, 1.165) is 50.7 Å². The van der Waals surface area contributed by atoms with Crippen LogP contribution in [0, 0.1) is 6.92 Å². The summed E-state index contributed by atoms with van der Waals surface area (Å²) in [6.07, 6.45) is 4.81. The summed E-state index contributed by atoms with van der Waals surface area (Å²) < 4.78 is 7.25. The lowest BCUT2D eigenvalue weighted by molar-refractivity contribution is 0.0719. The normalized spacial score (nSPS) is 16.5. The number of carbonyl (C=O) groups excluding carboxylic acids is 1. The molecule has 1 fully saturated rings. The van der Waals surface area contributed by atoms with E-state index in [2.05, 4.69) is 26.5 Å². The molecule has 7 nitrogen and oxygen atoms in total. The molecule has 0 saturated carbocycles. The molecule has 0 spiro atoms. The predicted molar refractivity (Wildman–Crippen MR) is 84.9 cm³/mol. The molecule has 7 heteroatoms. The first-order valence-corrected chi connectivity index (χ1v) is 8.12. The Balaban J connectivity index is 1.60. The van der Waals surface area contributed by atoms with Gasteiger partial charge in [0.15, 0.2) is 0 Å². The van der Waals surface area contributed by atoms with Crippen molar-refractivity contribution in [1.29, 1.82) is 0 Å². The van der Waals surface area contributed by atoms with E-state index < -0.39 is 0 Å². The first kappa shape index (κ1) is 15.7. The summed E-state index contributed by atoms with van der Waals surface area (Å²) in [4.78, 5) is 21.1. The number of rotatable bonds is 4. The van der Waals surface area contributed by atoms with E-state index in [1.165, 1.54) is 0 Å². The third kappa shape index (κ3) is 3.61. The number of aromatic nitrogens is 3. The van der Waals surface area contributed by atoms with Gasteiger partial charge in [-0.1, -0.05) is 5.16 Å². The van der Waals surface area contributed by atoms with Crippen molar-refractivity contribution in [3.8, 4) is 0 Å². The lowest BCUT2D eigenvalue weighted by Gasteiger charge is -2.21. The molecular weight excluding hydrogens is 294 g/mol. The molecule has 2 aromatic rings. The smallest absolute Gasteiger partial charge is 0.292 e. The summed E-state index contributed by atoms with van der Waals surface area (Å²) >= 11 is 0. The first-order chi connectivity index (χ1) is 11.2. The maximum atomic E-state index is 12.4. The Kier molecular flexibility index (Phi) is 4.76. The number of imidazole rings is 1. The van der Waals surface area contributed by atoms with Crippen LogP contribution in [0.3, 0.4) is 0 Å². The van der Waals surface area contributed by atoms with Gasteiger partial charge in [0.2, 0.25) is 5.76 Å². The zero-order chi connectivity index (χ0) is 16.2. The number of hydrogen-bond acceptors (Lipinski definition) is 5. The van der Waals surface area contributed by atoms with Crippen LogP contribution in [0.1, 0.15) is 35.4 Å². The Morgan fingerprint density at radius 3 is 2.91 bits per heavy atom. The van der Waals surface area contributed by atoms with Gasteiger partial charge in [0.25, 0.3) is 5.91 Å². The highest BCUT2D eigenvalue weighted by atomic mass is 16.5. The van der Waals surface area contributed by atoms with E-state index in [9.17, 15) is 4.79 Å². The standard InChI is InChI=1S/C16H23N5O2/c1-3-20-8-5-17-15(20)12-19-6-4-7-21(10-9-19)16(22)14-11-13(2)18-23-14/h5,8,11H,3-4,6-7,9-10,12H2,1-2H3. The van der Waals surface area contributed by atoms with Crippen LogP contribution in [0.15, 0.2) is 23.0 Å². The van der Waals surface area contributed by atoms with Gasteiger partial charge in [-0.2, -0.15) is 0 Å². The van der Waals surface area contributed by atoms with Gasteiger partial charge < -0.3 is 14.0 Å². The second-order valence-corrected chi connectivity index (χ2v) is 5.88. The Labute approximate surface area is 135 Å². The topological polar surface area (TPSA) is 67.4 Å². The molecule has 1 saturated heterocycles. The molecular formula is C16H23N5O2. The van der Waals surface area contributed by atoms with Crippen molar-refractivity contribution < 1.29 is 9.32 Å². The zero-order valence-corrected chi connectivity index (χ0v) is 13.7. The Morgan fingerprint density at radius 1 is 1.30 bits per heavy atom. The molecule has 0 aliphatic carbocycles. The molecule has 0 atom stereocenters. The Morgan fingerprint density at radius 2 is 2.17 bits per heavy atom. The second kappa shape index (κ2) is 6.95. The van der Waals surface area contributed by atoms with E-state index >= 15 is 0 Å². The third-order valence-electron chi connectivity index (χ3n) is 4.22. The number of amides is 1. The van der Waals surface area contributed by atoms with E-state index in [-0.39, 0.29) is 5.91 Å². The Bertz CT molecular complexity index is 663. The molecule has 3 heterocycles. The summed E-state index contributed by atoms with van der Waals surface area (Å²) in [5, 5.41) is 3.80. The van der Waals surface area contributed by atoms with Crippen LogP contribution in [0.5, 0.6) is 0 Å². The van der Waals surface area contributed by atoms with Crippen molar-refractivity contribution >= 4 is 5.91 Å².